The highest BCUT2D eigenvalue weighted by atomic mass is 16.6. The van der Waals surface area contributed by atoms with Crippen LogP contribution in [0.4, 0.5) is 4.79 Å². The Hall–Kier alpha value is -2.09. The lowest BCUT2D eigenvalue weighted by atomic mass is 10.2. The van der Waals surface area contributed by atoms with Crippen LogP contribution in [0, 0.1) is 0 Å². The van der Waals surface area contributed by atoms with Crippen LogP contribution in [-0.2, 0) is 4.74 Å². The third kappa shape index (κ3) is 5.42. The van der Waals surface area contributed by atoms with Gasteiger partial charge in [-0.3, -0.25) is 0 Å². The van der Waals surface area contributed by atoms with E-state index in [1.807, 2.05) is 0 Å². The standard InChI is InChI=1S/C13H21N3O5/c1-13(2,3)21-12(18)15-7-9(17)8-6-14-10(19-4)11(16-8)20-5/h6,9,17H,7H2,1-5H3,(H,15,18). The Bertz CT molecular complexity index is 487. The zero-order valence-corrected chi connectivity index (χ0v) is 12.8. The number of aromatic nitrogens is 2. The molecule has 1 rings (SSSR count). The minimum Gasteiger partial charge on any atom is -0.477 e. The van der Waals surface area contributed by atoms with Gasteiger partial charge in [-0.05, 0) is 20.8 Å². The normalized spacial score (nSPS) is 12.5. The van der Waals surface area contributed by atoms with Crippen LogP contribution < -0.4 is 14.8 Å². The topological polar surface area (TPSA) is 103 Å². The SMILES string of the molecule is COc1ncc(C(O)CNC(=O)OC(C)(C)C)nc1OC. The van der Waals surface area contributed by atoms with Crippen molar-refractivity contribution in [2.45, 2.75) is 32.5 Å². The second-order valence-electron chi connectivity index (χ2n) is 5.21. The monoisotopic (exact) mass is 299 g/mol. The molecule has 1 amide bonds. The molecule has 8 nitrogen and oxygen atoms in total. The second kappa shape index (κ2) is 7.07. The highest BCUT2D eigenvalue weighted by molar-refractivity contribution is 5.67. The molecular weight excluding hydrogens is 278 g/mol. The number of aliphatic hydroxyl groups excluding tert-OH is 1. The molecular formula is C13H21N3O5. The molecule has 0 aromatic carbocycles. The van der Waals surface area contributed by atoms with Gasteiger partial charge in [0, 0.05) is 0 Å². The predicted octanol–water partition coefficient (Wildman–Crippen LogP) is 1.05. The summed E-state index contributed by atoms with van der Waals surface area (Å²) in [7, 11) is 2.86. The molecule has 21 heavy (non-hydrogen) atoms. The maximum Gasteiger partial charge on any atom is 0.407 e. The Morgan fingerprint density at radius 2 is 1.95 bits per heavy atom. The van der Waals surface area contributed by atoms with Crippen LogP contribution in [0.3, 0.4) is 0 Å². The number of nitrogens with zero attached hydrogens (tertiary/aromatic N) is 2. The smallest absolute Gasteiger partial charge is 0.407 e. The van der Waals surface area contributed by atoms with E-state index >= 15 is 0 Å². The highest BCUT2D eigenvalue weighted by Crippen LogP contribution is 2.22. The second-order valence-corrected chi connectivity index (χ2v) is 5.21. The van der Waals surface area contributed by atoms with Crippen molar-refractivity contribution in [2.24, 2.45) is 0 Å². The largest absolute Gasteiger partial charge is 0.477 e. The van der Waals surface area contributed by atoms with Crippen molar-refractivity contribution in [3.63, 3.8) is 0 Å². The maximum atomic E-state index is 11.5. The lowest BCUT2D eigenvalue weighted by Crippen LogP contribution is -2.35. The van der Waals surface area contributed by atoms with E-state index in [9.17, 15) is 9.90 Å². The van der Waals surface area contributed by atoms with E-state index in [2.05, 4.69) is 15.3 Å². The van der Waals surface area contributed by atoms with Crippen molar-refractivity contribution in [1.29, 1.82) is 0 Å². The fourth-order valence-electron chi connectivity index (χ4n) is 1.41. The van der Waals surface area contributed by atoms with Crippen molar-refractivity contribution in [1.82, 2.24) is 15.3 Å². The van der Waals surface area contributed by atoms with Gasteiger partial charge in [-0.1, -0.05) is 0 Å². The Morgan fingerprint density at radius 1 is 1.33 bits per heavy atom. The maximum absolute atomic E-state index is 11.5. The molecule has 0 aliphatic carbocycles. The molecule has 2 N–H and O–H groups in total. The van der Waals surface area contributed by atoms with Crippen LogP contribution in [0.25, 0.3) is 0 Å². The Balaban J connectivity index is 2.63. The molecule has 1 aromatic heterocycles. The lowest BCUT2D eigenvalue weighted by Gasteiger charge is -2.20. The van der Waals surface area contributed by atoms with Crippen molar-refractivity contribution in [3.8, 4) is 11.8 Å². The number of methoxy groups -OCH3 is 2. The molecule has 1 unspecified atom stereocenters. The molecule has 1 aromatic rings. The van der Waals surface area contributed by atoms with Crippen molar-refractivity contribution >= 4 is 6.09 Å². The number of aliphatic hydroxyl groups is 1. The van der Waals surface area contributed by atoms with Gasteiger partial charge in [0.2, 0.25) is 0 Å². The van der Waals surface area contributed by atoms with Gasteiger partial charge in [0.05, 0.1) is 32.7 Å². The summed E-state index contributed by atoms with van der Waals surface area (Å²) in [4.78, 5) is 19.5. The first-order valence-electron chi connectivity index (χ1n) is 6.36. The van der Waals surface area contributed by atoms with Crippen LogP contribution in [0.1, 0.15) is 32.6 Å². The summed E-state index contributed by atoms with van der Waals surface area (Å²) in [6, 6.07) is 0. The summed E-state index contributed by atoms with van der Waals surface area (Å²) in [6.07, 6.45) is -0.303. The summed E-state index contributed by atoms with van der Waals surface area (Å²) in [6.45, 7) is 5.20. The third-order valence-electron chi connectivity index (χ3n) is 2.29. The first-order valence-corrected chi connectivity index (χ1v) is 6.36. The van der Waals surface area contributed by atoms with Crippen molar-refractivity contribution in [3.05, 3.63) is 11.9 Å². The third-order valence-corrected chi connectivity index (χ3v) is 2.29. The summed E-state index contributed by atoms with van der Waals surface area (Å²) >= 11 is 0. The number of hydrogen-bond donors (Lipinski definition) is 2. The van der Waals surface area contributed by atoms with Gasteiger partial charge >= 0.3 is 6.09 Å². The number of hydrogen-bond acceptors (Lipinski definition) is 7. The molecule has 8 heteroatoms. The number of nitrogens with one attached hydrogen (secondary N) is 1. The van der Waals surface area contributed by atoms with Gasteiger partial charge in [-0.15, -0.1) is 0 Å². The van der Waals surface area contributed by atoms with Crippen molar-refractivity contribution < 1.29 is 24.1 Å². The number of carbonyl (C=O) groups excluding carboxylic acids is 1. The molecule has 0 aliphatic heterocycles. The molecule has 0 fully saturated rings. The quantitative estimate of drug-likeness (QED) is 0.837. The molecule has 0 saturated heterocycles. The lowest BCUT2D eigenvalue weighted by molar-refractivity contribution is 0.0490. The molecule has 0 radical (unpaired) electrons. The number of amides is 1. The Kier molecular flexibility index (Phi) is 5.71. The minimum atomic E-state index is -1.04. The Labute approximate surface area is 123 Å². The van der Waals surface area contributed by atoms with Gasteiger partial charge in [0.1, 0.15) is 11.7 Å². The van der Waals surface area contributed by atoms with E-state index in [0.717, 1.165) is 0 Å². The summed E-state index contributed by atoms with van der Waals surface area (Å²) in [5.74, 6) is 0.375. The first kappa shape index (κ1) is 17.0. The van der Waals surface area contributed by atoms with Crippen molar-refractivity contribution in [2.75, 3.05) is 20.8 Å². The van der Waals surface area contributed by atoms with E-state index in [4.69, 9.17) is 14.2 Å². The van der Waals surface area contributed by atoms with E-state index in [1.165, 1.54) is 20.4 Å². The molecule has 0 aliphatic rings. The van der Waals surface area contributed by atoms with E-state index in [1.54, 1.807) is 20.8 Å². The minimum absolute atomic E-state index is 0.0565. The zero-order valence-electron chi connectivity index (χ0n) is 12.8. The molecule has 0 saturated carbocycles. The van der Waals surface area contributed by atoms with Crippen LogP contribution in [0.5, 0.6) is 11.8 Å². The van der Waals surface area contributed by atoms with Gasteiger partial charge in [0.25, 0.3) is 11.8 Å². The number of alkyl carbamates (subject to hydrolysis) is 1. The molecule has 118 valence electrons. The average molecular weight is 299 g/mol. The predicted molar refractivity (Wildman–Crippen MR) is 74.3 cm³/mol. The summed E-state index contributed by atoms with van der Waals surface area (Å²) < 4.78 is 15.0. The average Bonchev–Trinajstić information content (AvgIpc) is 2.42. The van der Waals surface area contributed by atoms with Crippen LogP contribution in [0.2, 0.25) is 0 Å². The van der Waals surface area contributed by atoms with E-state index < -0.39 is 17.8 Å². The first-order chi connectivity index (χ1) is 9.76. The molecule has 0 spiro atoms. The van der Waals surface area contributed by atoms with Gasteiger partial charge in [-0.2, -0.15) is 0 Å². The highest BCUT2D eigenvalue weighted by Gasteiger charge is 2.19. The number of rotatable bonds is 5. The van der Waals surface area contributed by atoms with Gasteiger partial charge in [0.15, 0.2) is 0 Å². The summed E-state index contributed by atoms with van der Waals surface area (Å²) in [5, 5.41) is 12.4. The van der Waals surface area contributed by atoms with Gasteiger partial charge < -0.3 is 24.6 Å². The summed E-state index contributed by atoms with van der Waals surface area (Å²) in [5.41, 5.74) is -0.346. The molecule has 1 heterocycles. The van der Waals surface area contributed by atoms with E-state index in [-0.39, 0.29) is 24.0 Å². The number of carbonyl (C=O) groups is 1. The fourth-order valence-corrected chi connectivity index (χ4v) is 1.41. The fraction of sp³-hybridized carbons (Fsp3) is 0.615. The van der Waals surface area contributed by atoms with Crippen LogP contribution >= 0.6 is 0 Å². The van der Waals surface area contributed by atoms with Crippen LogP contribution in [0.15, 0.2) is 6.20 Å². The number of ether oxygens (including phenoxy) is 3. The Morgan fingerprint density at radius 3 is 2.48 bits per heavy atom. The van der Waals surface area contributed by atoms with Gasteiger partial charge in [-0.25, -0.2) is 14.8 Å². The molecule has 1 atom stereocenters. The van der Waals surface area contributed by atoms with E-state index in [0.29, 0.717) is 0 Å². The molecule has 0 bridgehead atoms. The zero-order chi connectivity index (χ0) is 16.0. The van der Waals surface area contributed by atoms with Crippen LogP contribution in [-0.4, -0.2) is 47.5 Å².